The van der Waals surface area contributed by atoms with Crippen molar-refractivity contribution >= 4 is 45.5 Å². The normalized spacial score (nSPS) is 14.5. The van der Waals surface area contributed by atoms with Crippen LogP contribution < -0.4 is 20.5 Å². The molecule has 1 aromatic carbocycles. The highest BCUT2D eigenvalue weighted by Crippen LogP contribution is 2.32. The SMILES string of the molecule is CC(C)(C)N(c1c([Si](C)(C)C)cc([Si](C)(C)C)cc1[Si](C)(C)C)C(C)(C)C. The first-order valence-electron chi connectivity index (χ1n) is 10.6. The molecule has 1 aromatic rings. The Balaban J connectivity index is 4.18. The molecule has 1 rings (SSSR count). The first kappa shape index (κ1) is 24.7. The smallest absolute Gasteiger partial charge is 0.0803 e. The van der Waals surface area contributed by atoms with Crippen molar-refractivity contribution in [2.75, 3.05) is 4.90 Å². The van der Waals surface area contributed by atoms with Crippen molar-refractivity contribution in [2.24, 2.45) is 0 Å². The summed E-state index contributed by atoms with van der Waals surface area (Å²) < 4.78 is 0. The Morgan fingerprint density at radius 1 is 0.556 bits per heavy atom. The summed E-state index contributed by atoms with van der Waals surface area (Å²) in [6.45, 7) is 36.9. The maximum atomic E-state index is 2.75. The van der Waals surface area contributed by atoms with Gasteiger partial charge in [0.2, 0.25) is 0 Å². The van der Waals surface area contributed by atoms with Crippen LogP contribution in [-0.2, 0) is 0 Å². The molecule has 1 nitrogen and oxygen atoms in total. The molecule has 0 amide bonds. The highest BCUT2D eigenvalue weighted by atomic mass is 28.3. The third-order valence-corrected chi connectivity index (χ3v) is 11.2. The fourth-order valence-corrected chi connectivity index (χ4v) is 8.79. The lowest BCUT2D eigenvalue weighted by atomic mass is 9.94. The standard InChI is InChI=1S/C23H47NSi3/c1-22(2,3)24(23(4,5)6)21-19(26(10,11)12)16-18(25(7,8)9)17-20(21)27(13,14)15/h16-17H,1-15H3. The van der Waals surface area contributed by atoms with Crippen molar-refractivity contribution in [3.63, 3.8) is 0 Å². The van der Waals surface area contributed by atoms with E-state index in [0.717, 1.165) is 0 Å². The van der Waals surface area contributed by atoms with E-state index < -0.39 is 24.2 Å². The molecule has 156 valence electrons. The van der Waals surface area contributed by atoms with Crippen LogP contribution in [0.25, 0.3) is 0 Å². The maximum absolute atomic E-state index is 2.75. The van der Waals surface area contributed by atoms with Crippen LogP contribution in [0, 0.1) is 0 Å². The van der Waals surface area contributed by atoms with Gasteiger partial charge in [-0.1, -0.05) is 76.2 Å². The molecule has 0 aliphatic heterocycles. The molecular formula is C23H47NSi3. The Bertz CT molecular complexity index is 623. The van der Waals surface area contributed by atoms with Crippen molar-refractivity contribution in [1.29, 1.82) is 0 Å². The van der Waals surface area contributed by atoms with E-state index in [1.54, 1.807) is 21.2 Å². The third-order valence-electron chi connectivity index (χ3n) is 5.16. The van der Waals surface area contributed by atoms with Crippen LogP contribution in [0.2, 0.25) is 58.9 Å². The summed E-state index contributed by atoms with van der Waals surface area (Å²) in [7, 11) is -4.41. The van der Waals surface area contributed by atoms with E-state index >= 15 is 0 Å². The molecule has 0 bridgehead atoms. The van der Waals surface area contributed by atoms with Gasteiger partial charge in [0.05, 0.1) is 24.2 Å². The maximum Gasteiger partial charge on any atom is 0.0803 e. The molecule has 0 aliphatic carbocycles. The topological polar surface area (TPSA) is 3.24 Å². The predicted molar refractivity (Wildman–Crippen MR) is 137 cm³/mol. The van der Waals surface area contributed by atoms with Gasteiger partial charge in [-0.05, 0) is 51.9 Å². The van der Waals surface area contributed by atoms with E-state index in [1.807, 2.05) is 0 Å². The molecule has 0 radical (unpaired) electrons. The van der Waals surface area contributed by atoms with Crippen molar-refractivity contribution in [2.45, 2.75) is 112 Å². The van der Waals surface area contributed by atoms with Gasteiger partial charge in [0.25, 0.3) is 0 Å². The van der Waals surface area contributed by atoms with Crippen LogP contribution in [0.3, 0.4) is 0 Å². The zero-order chi connectivity index (χ0) is 21.8. The summed E-state index contributed by atoms with van der Waals surface area (Å²) in [5.41, 5.74) is 1.75. The molecule has 0 aliphatic rings. The molecule has 0 fully saturated rings. The van der Waals surface area contributed by atoms with Gasteiger partial charge in [-0.3, -0.25) is 0 Å². The van der Waals surface area contributed by atoms with E-state index in [9.17, 15) is 0 Å². The van der Waals surface area contributed by atoms with Gasteiger partial charge in [0.1, 0.15) is 0 Å². The summed E-state index contributed by atoms with van der Waals surface area (Å²) >= 11 is 0. The molecule has 0 atom stereocenters. The highest BCUT2D eigenvalue weighted by Gasteiger charge is 2.40. The van der Waals surface area contributed by atoms with Gasteiger partial charge < -0.3 is 4.90 Å². The number of benzene rings is 1. The average molecular weight is 422 g/mol. The first-order chi connectivity index (χ1) is 11.6. The van der Waals surface area contributed by atoms with Crippen LogP contribution in [0.5, 0.6) is 0 Å². The van der Waals surface area contributed by atoms with Crippen LogP contribution in [0.1, 0.15) is 41.5 Å². The second kappa shape index (κ2) is 7.17. The number of hydrogen-bond acceptors (Lipinski definition) is 1. The predicted octanol–water partition coefficient (Wildman–Crippen LogP) is 5.73. The number of nitrogens with zero attached hydrogens (tertiary/aromatic N) is 1. The third kappa shape index (κ3) is 5.83. The minimum absolute atomic E-state index is 0.0850. The monoisotopic (exact) mass is 421 g/mol. The van der Waals surface area contributed by atoms with Crippen molar-refractivity contribution in [3.05, 3.63) is 12.1 Å². The van der Waals surface area contributed by atoms with Crippen LogP contribution >= 0.6 is 0 Å². The number of anilines is 1. The van der Waals surface area contributed by atoms with Crippen molar-refractivity contribution in [1.82, 2.24) is 0 Å². The summed E-state index contributed by atoms with van der Waals surface area (Å²) in [5.74, 6) is 0. The second-order valence-electron chi connectivity index (χ2n) is 13.3. The van der Waals surface area contributed by atoms with Crippen LogP contribution in [-0.4, -0.2) is 35.3 Å². The van der Waals surface area contributed by atoms with Gasteiger partial charge in [-0.15, -0.1) is 0 Å². The Hall–Kier alpha value is -0.329. The van der Waals surface area contributed by atoms with Crippen LogP contribution in [0.4, 0.5) is 5.69 Å². The van der Waals surface area contributed by atoms with E-state index in [-0.39, 0.29) is 11.1 Å². The summed E-state index contributed by atoms with van der Waals surface area (Å²) in [4.78, 5) is 2.75. The van der Waals surface area contributed by atoms with Crippen molar-refractivity contribution < 1.29 is 0 Å². The van der Waals surface area contributed by atoms with E-state index in [0.29, 0.717) is 0 Å². The zero-order valence-electron chi connectivity index (χ0n) is 21.1. The van der Waals surface area contributed by atoms with Gasteiger partial charge in [-0.25, -0.2) is 0 Å². The number of rotatable bonds is 4. The molecule has 0 aromatic heterocycles. The van der Waals surface area contributed by atoms with Gasteiger partial charge >= 0.3 is 0 Å². The first-order valence-corrected chi connectivity index (χ1v) is 21.1. The van der Waals surface area contributed by atoms with Gasteiger partial charge in [-0.2, -0.15) is 0 Å². The summed E-state index contributed by atoms with van der Waals surface area (Å²) in [6.07, 6.45) is 0. The van der Waals surface area contributed by atoms with Gasteiger partial charge in [0, 0.05) is 16.8 Å². The van der Waals surface area contributed by atoms with Crippen LogP contribution in [0.15, 0.2) is 12.1 Å². The lowest BCUT2D eigenvalue weighted by Gasteiger charge is -2.51. The minimum atomic E-state index is -1.52. The molecule has 0 spiro atoms. The molecule has 4 heteroatoms. The Morgan fingerprint density at radius 3 is 1.04 bits per heavy atom. The van der Waals surface area contributed by atoms with E-state index in [2.05, 4.69) is 117 Å². The lowest BCUT2D eigenvalue weighted by Crippen LogP contribution is -2.62. The second-order valence-corrected chi connectivity index (χ2v) is 28.5. The van der Waals surface area contributed by atoms with Crippen molar-refractivity contribution in [3.8, 4) is 0 Å². The quantitative estimate of drug-likeness (QED) is 0.561. The largest absolute Gasteiger partial charge is 0.362 e. The van der Waals surface area contributed by atoms with E-state index in [4.69, 9.17) is 0 Å². The molecular weight excluding hydrogens is 375 g/mol. The van der Waals surface area contributed by atoms with E-state index in [1.165, 1.54) is 0 Å². The molecule has 0 N–H and O–H groups in total. The Morgan fingerprint density at radius 2 is 0.852 bits per heavy atom. The Labute approximate surface area is 174 Å². The zero-order valence-corrected chi connectivity index (χ0v) is 24.1. The molecule has 27 heavy (non-hydrogen) atoms. The number of hydrogen-bond donors (Lipinski definition) is 0. The molecule has 0 saturated carbocycles. The van der Waals surface area contributed by atoms with Gasteiger partial charge in [0.15, 0.2) is 0 Å². The highest BCUT2D eigenvalue weighted by molar-refractivity contribution is 6.95. The molecule has 0 unspecified atom stereocenters. The minimum Gasteiger partial charge on any atom is -0.362 e. The summed E-state index contributed by atoms with van der Waals surface area (Å²) in [6, 6.07) is 5.25. The fraction of sp³-hybridized carbons (Fsp3) is 0.739. The Kier molecular flexibility index (Phi) is 6.56. The fourth-order valence-electron chi connectivity index (χ4n) is 4.13. The molecule has 0 heterocycles. The molecule has 0 saturated heterocycles. The average Bonchev–Trinajstić information content (AvgIpc) is 2.30. The summed E-state index contributed by atoms with van der Waals surface area (Å²) in [5, 5.41) is 4.98. The lowest BCUT2D eigenvalue weighted by molar-refractivity contribution is 0.382.